The lowest BCUT2D eigenvalue weighted by molar-refractivity contribution is 0.396. The van der Waals surface area contributed by atoms with E-state index in [-0.39, 0.29) is 30.9 Å². The fourth-order valence-electron chi connectivity index (χ4n) is 1.11. The Labute approximate surface area is 113 Å². The van der Waals surface area contributed by atoms with Crippen LogP contribution in [-0.4, -0.2) is 23.1 Å². The van der Waals surface area contributed by atoms with Crippen molar-refractivity contribution in [2.24, 2.45) is 5.73 Å². The van der Waals surface area contributed by atoms with Gasteiger partial charge in [-0.05, 0) is 19.4 Å². The third-order valence-electron chi connectivity index (χ3n) is 1.86. The van der Waals surface area contributed by atoms with Crippen LogP contribution in [0.3, 0.4) is 0 Å². The number of ether oxygens (including phenoxy) is 1. The van der Waals surface area contributed by atoms with Crippen molar-refractivity contribution in [1.29, 1.82) is 0 Å². The van der Waals surface area contributed by atoms with Crippen LogP contribution in [0.25, 0.3) is 6.08 Å². The van der Waals surface area contributed by atoms with Gasteiger partial charge in [0.25, 0.3) is 0 Å². The van der Waals surface area contributed by atoms with Crippen molar-refractivity contribution < 1.29 is 4.74 Å². The minimum Gasteiger partial charge on any atom is -0.480 e. The van der Waals surface area contributed by atoms with Crippen molar-refractivity contribution in [1.82, 2.24) is 9.97 Å². The van der Waals surface area contributed by atoms with Crippen LogP contribution in [0.15, 0.2) is 12.4 Å². The molecule has 0 unspecified atom stereocenters. The maximum atomic E-state index is 5.70. The summed E-state index contributed by atoms with van der Waals surface area (Å²) in [7, 11) is 1.55. The summed E-state index contributed by atoms with van der Waals surface area (Å²) < 4.78 is 5.07. The van der Waals surface area contributed by atoms with Gasteiger partial charge in [0.05, 0.1) is 12.7 Å². The van der Waals surface area contributed by atoms with Gasteiger partial charge in [0, 0.05) is 6.04 Å². The Bertz CT molecular complexity index is 358. The molecule has 0 amide bonds. The van der Waals surface area contributed by atoms with Gasteiger partial charge in [-0.15, -0.1) is 24.8 Å². The molecule has 17 heavy (non-hydrogen) atoms. The van der Waals surface area contributed by atoms with Gasteiger partial charge < -0.3 is 16.2 Å². The molecule has 0 aliphatic heterocycles. The summed E-state index contributed by atoms with van der Waals surface area (Å²) in [6.07, 6.45) is 5.91. The van der Waals surface area contributed by atoms with Gasteiger partial charge in [0.1, 0.15) is 12.1 Å². The van der Waals surface area contributed by atoms with Crippen molar-refractivity contribution in [3.05, 3.63) is 18.0 Å². The SMILES string of the molecule is COc1ncnc(N)c1/C=C/C[C@H](C)N.Cl.Cl. The second kappa shape index (κ2) is 9.04. The highest BCUT2D eigenvalue weighted by Crippen LogP contribution is 2.20. The average Bonchev–Trinajstić information content (AvgIpc) is 2.20. The lowest BCUT2D eigenvalue weighted by Crippen LogP contribution is -2.12. The number of nitrogen functional groups attached to an aromatic ring is 1. The summed E-state index contributed by atoms with van der Waals surface area (Å²) >= 11 is 0. The molecule has 4 N–H and O–H groups in total. The summed E-state index contributed by atoms with van der Waals surface area (Å²) in [6.45, 7) is 1.94. The van der Waals surface area contributed by atoms with E-state index in [4.69, 9.17) is 16.2 Å². The number of anilines is 1. The van der Waals surface area contributed by atoms with Crippen LogP contribution in [0.2, 0.25) is 0 Å². The van der Waals surface area contributed by atoms with Crippen molar-refractivity contribution in [3.8, 4) is 5.88 Å². The molecule has 0 fully saturated rings. The number of rotatable bonds is 4. The second-order valence-electron chi connectivity index (χ2n) is 3.30. The molecule has 0 spiro atoms. The van der Waals surface area contributed by atoms with Crippen molar-refractivity contribution in [2.45, 2.75) is 19.4 Å². The Hall–Kier alpha value is -1.04. The molecule has 5 nitrogen and oxygen atoms in total. The molecule has 7 heteroatoms. The highest BCUT2D eigenvalue weighted by molar-refractivity contribution is 5.85. The largest absolute Gasteiger partial charge is 0.480 e. The average molecular weight is 281 g/mol. The number of aromatic nitrogens is 2. The predicted octanol–water partition coefficient (Wildman–Crippen LogP) is 1.66. The first-order valence-electron chi connectivity index (χ1n) is 4.71. The zero-order chi connectivity index (χ0) is 11.3. The molecule has 0 aromatic carbocycles. The van der Waals surface area contributed by atoms with Crippen molar-refractivity contribution in [3.63, 3.8) is 0 Å². The molecule has 0 saturated carbocycles. The predicted molar refractivity (Wildman–Crippen MR) is 74.8 cm³/mol. The van der Waals surface area contributed by atoms with E-state index in [1.54, 1.807) is 7.11 Å². The molecule has 0 bridgehead atoms. The molecule has 1 aromatic heterocycles. The molecule has 0 aliphatic carbocycles. The van der Waals surface area contributed by atoms with Crippen molar-refractivity contribution in [2.75, 3.05) is 12.8 Å². The number of halogens is 2. The van der Waals surface area contributed by atoms with E-state index in [0.29, 0.717) is 17.3 Å². The number of hydrogen-bond donors (Lipinski definition) is 2. The molecule has 1 heterocycles. The maximum Gasteiger partial charge on any atom is 0.225 e. The molecule has 0 aliphatic rings. The molecule has 1 rings (SSSR count). The number of methoxy groups -OCH3 is 1. The van der Waals surface area contributed by atoms with Crippen LogP contribution in [0.5, 0.6) is 5.88 Å². The van der Waals surface area contributed by atoms with Gasteiger partial charge in [-0.3, -0.25) is 0 Å². The fraction of sp³-hybridized carbons (Fsp3) is 0.400. The van der Waals surface area contributed by atoms with Crippen LogP contribution in [-0.2, 0) is 0 Å². The molecule has 0 saturated heterocycles. The summed E-state index contributed by atoms with van der Waals surface area (Å²) in [4.78, 5) is 7.85. The van der Waals surface area contributed by atoms with Crippen LogP contribution in [0.4, 0.5) is 5.82 Å². The Morgan fingerprint density at radius 1 is 1.41 bits per heavy atom. The third-order valence-corrected chi connectivity index (χ3v) is 1.86. The highest BCUT2D eigenvalue weighted by Gasteiger charge is 2.05. The summed E-state index contributed by atoms with van der Waals surface area (Å²) in [5.41, 5.74) is 12.0. The van der Waals surface area contributed by atoms with E-state index in [1.165, 1.54) is 6.33 Å². The van der Waals surface area contributed by atoms with Gasteiger partial charge in [-0.2, -0.15) is 0 Å². The molecule has 0 radical (unpaired) electrons. The monoisotopic (exact) mass is 280 g/mol. The second-order valence-corrected chi connectivity index (χ2v) is 3.30. The van der Waals surface area contributed by atoms with E-state index in [2.05, 4.69) is 9.97 Å². The molecule has 1 aromatic rings. The van der Waals surface area contributed by atoms with Gasteiger partial charge in [0.15, 0.2) is 0 Å². The van der Waals surface area contributed by atoms with E-state index in [0.717, 1.165) is 6.42 Å². The molecular formula is C10H18Cl2N4O. The summed E-state index contributed by atoms with van der Waals surface area (Å²) in [5.74, 6) is 0.881. The van der Waals surface area contributed by atoms with Gasteiger partial charge in [-0.1, -0.05) is 6.08 Å². The quantitative estimate of drug-likeness (QED) is 0.876. The van der Waals surface area contributed by atoms with E-state index >= 15 is 0 Å². The van der Waals surface area contributed by atoms with Crippen LogP contribution < -0.4 is 16.2 Å². The first kappa shape index (κ1) is 18.3. The standard InChI is InChI=1S/C10H16N4O.2ClH/c1-7(11)4-3-5-8-9(12)13-6-14-10(8)15-2;;/h3,5-7H,4,11H2,1-2H3,(H2,12,13,14);2*1H/b5-3+;;/t7-;;/m0../s1. The minimum absolute atomic E-state index is 0. The smallest absolute Gasteiger partial charge is 0.225 e. The molecule has 1 atom stereocenters. The first-order chi connectivity index (χ1) is 7.15. The topological polar surface area (TPSA) is 87.0 Å². The highest BCUT2D eigenvalue weighted by atomic mass is 35.5. The normalized spacial score (nSPS) is 11.5. The lowest BCUT2D eigenvalue weighted by atomic mass is 10.2. The van der Waals surface area contributed by atoms with E-state index < -0.39 is 0 Å². The van der Waals surface area contributed by atoms with Gasteiger partial charge in [0.2, 0.25) is 5.88 Å². The minimum atomic E-state index is 0. The van der Waals surface area contributed by atoms with Gasteiger partial charge in [-0.25, -0.2) is 9.97 Å². The van der Waals surface area contributed by atoms with Crippen LogP contribution in [0, 0.1) is 0 Å². The fourth-order valence-corrected chi connectivity index (χ4v) is 1.11. The Kier molecular flexibility index (Phi) is 9.74. The Morgan fingerprint density at radius 3 is 2.59 bits per heavy atom. The van der Waals surface area contributed by atoms with Gasteiger partial charge >= 0.3 is 0 Å². The number of nitrogens with zero attached hydrogens (tertiary/aromatic N) is 2. The van der Waals surface area contributed by atoms with E-state index in [9.17, 15) is 0 Å². The molecule has 98 valence electrons. The van der Waals surface area contributed by atoms with E-state index in [1.807, 2.05) is 19.1 Å². The zero-order valence-corrected chi connectivity index (χ0v) is 11.4. The maximum absolute atomic E-state index is 5.70. The first-order valence-corrected chi connectivity index (χ1v) is 4.71. The number of hydrogen-bond acceptors (Lipinski definition) is 5. The molecular weight excluding hydrogens is 263 g/mol. The lowest BCUT2D eigenvalue weighted by Gasteiger charge is -2.05. The van der Waals surface area contributed by atoms with Crippen molar-refractivity contribution >= 4 is 36.7 Å². The Morgan fingerprint density at radius 2 is 2.06 bits per heavy atom. The van der Waals surface area contributed by atoms with Crippen LogP contribution in [0.1, 0.15) is 18.9 Å². The Balaban J connectivity index is 0. The summed E-state index contributed by atoms with van der Waals surface area (Å²) in [6, 6.07) is 0.123. The number of nitrogens with two attached hydrogens (primary N) is 2. The zero-order valence-electron chi connectivity index (χ0n) is 9.79. The third kappa shape index (κ3) is 5.72. The summed E-state index contributed by atoms with van der Waals surface area (Å²) in [5, 5.41) is 0. The van der Waals surface area contributed by atoms with Crippen LogP contribution >= 0.6 is 24.8 Å².